The minimum absolute atomic E-state index is 0.0277. The molecule has 0 spiro atoms. The first-order chi connectivity index (χ1) is 8.34. The second kappa shape index (κ2) is 4.28. The van der Waals surface area contributed by atoms with Gasteiger partial charge in [0, 0.05) is 31.0 Å². The van der Waals surface area contributed by atoms with Gasteiger partial charge in [-0.3, -0.25) is 4.90 Å². The first-order valence-corrected chi connectivity index (χ1v) is 6.27. The number of nitrogens with one attached hydrogen (secondary N) is 2. The van der Waals surface area contributed by atoms with E-state index in [9.17, 15) is 4.79 Å². The summed E-state index contributed by atoms with van der Waals surface area (Å²) in [5.74, 6) is 0. The highest BCUT2D eigenvalue weighted by Crippen LogP contribution is 2.27. The number of amides is 2. The quantitative estimate of drug-likeness (QED) is 0.776. The maximum atomic E-state index is 11.8. The number of hydrogen-bond donors (Lipinski definition) is 2. The number of anilines is 2. The van der Waals surface area contributed by atoms with Gasteiger partial charge in [0.25, 0.3) is 0 Å². The molecule has 3 rings (SSSR count). The first-order valence-electron chi connectivity index (χ1n) is 6.27. The lowest BCUT2D eigenvalue weighted by molar-refractivity contribution is 0.243. The summed E-state index contributed by atoms with van der Waals surface area (Å²) in [6, 6.07) is 6.29. The van der Waals surface area contributed by atoms with Crippen LogP contribution in [0.3, 0.4) is 0 Å². The van der Waals surface area contributed by atoms with E-state index in [1.165, 1.54) is 17.7 Å². The topological polar surface area (TPSA) is 44.4 Å². The van der Waals surface area contributed by atoms with E-state index >= 15 is 0 Å². The molecular weight excluding hydrogens is 214 g/mol. The van der Waals surface area contributed by atoms with Crippen molar-refractivity contribution in [1.29, 1.82) is 0 Å². The van der Waals surface area contributed by atoms with E-state index in [0.717, 1.165) is 38.2 Å². The van der Waals surface area contributed by atoms with E-state index < -0.39 is 0 Å². The number of urea groups is 1. The van der Waals surface area contributed by atoms with Crippen molar-refractivity contribution in [3.05, 3.63) is 23.8 Å². The molecule has 0 aliphatic carbocycles. The smallest absolute Gasteiger partial charge is 0.321 e. The standard InChI is InChI=1S/C13H17N3O/c17-13-15-7-2-8-16(13)11-4-5-12-10(9-11)3-1-6-14-12/h4-5,9,14H,1-3,6-8H2,(H,15,17). The van der Waals surface area contributed by atoms with Crippen molar-refractivity contribution in [3.63, 3.8) is 0 Å². The number of benzene rings is 1. The number of hydrogen-bond acceptors (Lipinski definition) is 2. The van der Waals surface area contributed by atoms with Crippen molar-refractivity contribution in [1.82, 2.24) is 5.32 Å². The third kappa shape index (κ3) is 1.95. The van der Waals surface area contributed by atoms with E-state index in [0.29, 0.717) is 0 Å². The van der Waals surface area contributed by atoms with Gasteiger partial charge in [-0.1, -0.05) is 0 Å². The van der Waals surface area contributed by atoms with Gasteiger partial charge in [-0.05, 0) is 43.0 Å². The fourth-order valence-electron chi connectivity index (χ4n) is 2.51. The van der Waals surface area contributed by atoms with Crippen molar-refractivity contribution in [2.45, 2.75) is 19.3 Å². The Bertz CT molecular complexity index is 444. The molecule has 2 amide bonds. The molecule has 0 atom stereocenters. The molecule has 90 valence electrons. The van der Waals surface area contributed by atoms with Gasteiger partial charge in [-0.2, -0.15) is 0 Å². The number of carbonyl (C=O) groups is 1. The van der Waals surface area contributed by atoms with Crippen molar-refractivity contribution >= 4 is 17.4 Å². The van der Waals surface area contributed by atoms with Crippen LogP contribution < -0.4 is 15.5 Å². The lowest BCUT2D eigenvalue weighted by Gasteiger charge is -2.29. The Morgan fingerprint density at radius 3 is 2.88 bits per heavy atom. The Labute approximate surface area is 101 Å². The maximum Gasteiger partial charge on any atom is 0.321 e. The summed E-state index contributed by atoms with van der Waals surface area (Å²) in [4.78, 5) is 13.6. The number of rotatable bonds is 1. The summed E-state index contributed by atoms with van der Waals surface area (Å²) in [5.41, 5.74) is 3.56. The monoisotopic (exact) mass is 231 g/mol. The van der Waals surface area contributed by atoms with E-state index in [1.54, 1.807) is 0 Å². The van der Waals surface area contributed by atoms with Crippen LogP contribution in [0.25, 0.3) is 0 Å². The summed E-state index contributed by atoms with van der Waals surface area (Å²) in [5, 5.41) is 6.27. The van der Waals surface area contributed by atoms with Crippen molar-refractivity contribution in [3.8, 4) is 0 Å². The molecular formula is C13H17N3O. The SMILES string of the molecule is O=C1NCCCN1c1ccc2c(c1)CCCN2. The van der Waals surface area contributed by atoms with Crippen LogP contribution in [0.5, 0.6) is 0 Å². The maximum absolute atomic E-state index is 11.8. The lowest BCUT2D eigenvalue weighted by atomic mass is 10.0. The second-order valence-electron chi connectivity index (χ2n) is 4.61. The highest BCUT2D eigenvalue weighted by Gasteiger charge is 2.20. The molecule has 2 aliphatic rings. The minimum Gasteiger partial charge on any atom is -0.385 e. The van der Waals surface area contributed by atoms with Crippen molar-refractivity contribution in [2.75, 3.05) is 29.9 Å². The Morgan fingerprint density at radius 2 is 2.00 bits per heavy atom. The molecule has 0 saturated carbocycles. The molecule has 4 heteroatoms. The Hall–Kier alpha value is -1.71. The molecule has 0 bridgehead atoms. The van der Waals surface area contributed by atoms with E-state index in [-0.39, 0.29) is 6.03 Å². The molecule has 2 heterocycles. The molecule has 1 aromatic rings. The van der Waals surface area contributed by atoms with Gasteiger partial charge in [-0.25, -0.2) is 4.79 Å². The highest BCUT2D eigenvalue weighted by atomic mass is 16.2. The largest absolute Gasteiger partial charge is 0.385 e. The van der Waals surface area contributed by atoms with Gasteiger partial charge in [0.05, 0.1) is 0 Å². The molecule has 1 saturated heterocycles. The lowest BCUT2D eigenvalue weighted by Crippen LogP contribution is -2.46. The Morgan fingerprint density at radius 1 is 1.12 bits per heavy atom. The fourth-order valence-corrected chi connectivity index (χ4v) is 2.51. The zero-order valence-corrected chi connectivity index (χ0v) is 9.83. The van der Waals surface area contributed by atoms with Crippen LogP contribution in [0, 0.1) is 0 Å². The summed E-state index contributed by atoms with van der Waals surface area (Å²) >= 11 is 0. The number of fused-ring (bicyclic) bond motifs is 1. The summed E-state index contributed by atoms with van der Waals surface area (Å²) < 4.78 is 0. The van der Waals surface area contributed by atoms with Crippen LogP contribution in [-0.4, -0.2) is 25.7 Å². The molecule has 0 radical (unpaired) electrons. The molecule has 4 nitrogen and oxygen atoms in total. The van der Waals surface area contributed by atoms with Gasteiger partial charge in [0.1, 0.15) is 0 Å². The first kappa shape index (κ1) is 10.4. The average molecular weight is 231 g/mol. The third-order valence-corrected chi connectivity index (χ3v) is 3.42. The van der Waals surface area contributed by atoms with Crippen molar-refractivity contribution < 1.29 is 4.79 Å². The molecule has 1 aromatic carbocycles. The summed E-state index contributed by atoms with van der Waals surface area (Å²) in [6.45, 7) is 2.66. The molecule has 0 aromatic heterocycles. The molecule has 1 fully saturated rings. The van der Waals surface area contributed by atoms with Crippen LogP contribution in [0.1, 0.15) is 18.4 Å². The molecule has 17 heavy (non-hydrogen) atoms. The fraction of sp³-hybridized carbons (Fsp3) is 0.462. The van der Waals surface area contributed by atoms with Crippen LogP contribution >= 0.6 is 0 Å². The van der Waals surface area contributed by atoms with E-state index in [4.69, 9.17) is 0 Å². The summed E-state index contributed by atoms with van der Waals surface area (Å²) in [7, 11) is 0. The third-order valence-electron chi connectivity index (χ3n) is 3.42. The van der Waals surface area contributed by atoms with Crippen LogP contribution in [0.2, 0.25) is 0 Å². The van der Waals surface area contributed by atoms with Gasteiger partial charge < -0.3 is 10.6 Å². The van der Waals surface area contributed by atoms with Gasteiger partial charge in [0.2, 0.25) is 0 Å². The summed E-state index contributed by atoms with van der Waals surface area (Å²) in [6.07, 6.45) is 3.29. The normalized spacial score (nSPS) is 19.3. The van der Waals surface area contributed by atoms with Crippen LogP contribution in [0.4, 0.5) is 16.2 Å². The van der Waals surface area contributed by atoms with Crippen LogP contribution in [-0.2, 0) is 6.42 Å². The molecule has 0 unspecified atom stereocenters. The molecule has 2 aliphatic heterocycles. The zero-order valence-electron chi connectivity index (χ0n) is 9.83. The minimum atomic E-state index is 0.0277. The van der Waals surface area contributed by atoms with Gasteiger partial charge in [0.15, 0.2) is 0 Å². The van der Waals surface area contributed by atoms with Crippen LogP contribution in [0.15, 0.2) is 18.2 Å². The average Bonchev–Trinajstić information content (AvgIpc) is 2.39. The number of carbonyl (C=O) groups excluding carboxylic acids is 1. The predicted molar refractivity (Wildman–Crippen MR) is 68.6 cm³/mol. The van der Waals surface area contributed by atoms with E-state index in [2.05, 4.69) is 22.8 Å². The molecule has 2 N–H and O–H groups in total. The zero-order chi connectivity index (χ0) is 11.7. The van der Waals surface area contributed by atoms with E-state index in [1.807, 2.05) is 11.0 Å². The van der Waals surface area contributed by atoms with Crippen molar-refractivity contribution in [2.24, 2.45) is 0 Å². The predicted octanol–water partition coefficient (Wildman–Crippen LogP) is 1.96. The van der Waals surface area contributed by atoms with Gasteiger partial charge in [-0.15, -0.1) is 0 Å². The van der Waals surface area contributed by atoms with Gasteiger partial charge >= 0.3 is 6.03 Å². The Kier molecular flexibility index (Phi) is 2.63. The Balaban J connectivity index is 1.89. The number of aryl methyl sites for hydroxylation is 1. The number of nitrogens with zero attached hydrogens (tertiary/aromatic N) is 1. The highest BCUT2D eigenvalue weighted by molar-refractivity contribution is 5.93. The second-order valence-corrected chi connectivity index (χ2v) is 4.61.